The van der Waals surface area contributed by atoms with Crippen LogP contribution in [0.15, 0.2) is 30.5 Å². The number of rotatable bonds is 3. The fraction of sp³-hybridized carbons (Fsp3) is 0.550. The van der Waals surface area contributed by atoms with Gasteiger partial charge in [-0.1, -0.05) is 49.1 Å². The van der Waals surface area contributed by atoms with Crippen LogP contribution in [0.3, 0.4) is 0 Å². The average Bonchev–Trinajstić information content (AvgIpc) is 3.13. The van der Waals surface area contributed by atoms with Gasteiger partial charge < -0.3 is 9.72 Å². The number of aromatic amines is 1. The van der Waals surface area contributed by atoms with Gasteiger partial charge in [-0.2, -0.15) is 0 Å². The zero-order valence-corrected chi connectivity index (χ0v) is 14.5. The highest BCUT2D eigenvalue weighted by Gasteiger charge is 2.32. The molecule has 4 rings (SSSR count). The van der Waals surface area contributed by atoms with Crippen molar-refractivity contribution in [3.8, 4) is 11.3 Å². The number of benzene rings is 1. The molecule has 2 aromatic rings. The number of aromatic nitrogens is 2. The molecule has 1 saturated carbocycles. The molecule has 1 aromatic heterocycles. The first-order valence-electron chi connectivity index (χ1n) is 9.27. The molecule has 1 saturated heterocycles. The van der Waals surface area contributed by atoms with E-state index in [0.717, 1.165) is 31.3 Å². The number of aryl methyl sites for hydroxylation is 1. The molecule has 1 N–H and O–H groups in total. The summed E-state index contributed by atoms with van der Waals surface area (Å²) in [4.78, 5) is 10.9. The van der Waals surface area contributed by atoms with Crippen molar-refractivity contribution >= 4 is 0 Å². The van der Waals surface area contributed by atoms with Crippen LogP contribution in [0.1, 0.15) is 49.5 Å². The summed E-state index contributed by atoms with van der Waals surface area (Å²) in [5, 5.41) is 0. The third-order valence-corrected chi connectivity index (χ3v) is 5.49. The Hall–Kier alpha value is -1.65. The Bertz CT molecular complexity index is 658. The number of imidazole rings is 1. The second kappa shape index (κ2) is 7.08. The Balaban J connectivity index is 1.56. The SMILES string of the molecule is Cc1ccc(-c2cnc([C@@H]3COCCN3C3CCCCC3)[nH]2)cc1. The molecule has 2 fully saturated rings. The van der Waals surface area contributed by atoms with E-state index in [0.29, 0.717) is 6.04 Å². The number of ether oxygens (including phenoxy) is 1. The van der Waals surface area contributed by atoms with Crippen LogP contribution in [-0.2, 0) is 4.74 Å². The minimum absolute atomic E-state index is 0.265. The molecule has 1 aliphatic heterocycles. The smallest absolute Gasteiger partial charge is 0.126 e. The maximum Gasteiger partial charge on any atom is 0.126 e. The van der Waals surface area contributed by atoms with Crippen molar-refractivity contribution in [2.45, 2.75) is 51.1 Å². The molecule has 0 radical (unpaired) electrons. The van der Waals surface area contributed by atoms with E-state index in [4.69, 9.17) is 9.72 Å². The predicted octanol–water partition coefficient (Wildman–Crippen LogP) is 4.09. The number of nitrogens with zero attached hydrogens (tertiary/aromatic N) is 2. The van der Waals surface area contributed by atoms with Crippen molar-refractivity contribution in [3.05, 3.63) is 41.9 Å². The van der Waals surface area contributed by atoms with Crippen LogP contribution in [0.4, 0.5) is 0 Å². The molecule has 4 nitrogen and oxygen atoms in total. The Morgan fingerprint density at radius 2 is 1.92 bits per heavy atom. The van der Waals surface area contributed by atoms with Gasteiger partial charge >= 0.3 is 0 Å². The van der Waals surface area contributed by atoms with Crippen LogP contribution >= 0.6 is 0 Å². The molecule has 0 unspecified atom stereocenters. The van der Waals surface area contributed by atoms with Gasteiger partial charge in [0.25, 0.3) is 0 Å². The van der Waals surface area contributed by atoms with Crippen molar-refractivity contribution in [1.82, 2.24) is 14.9 Å². The Morgan fingerprint density at radius 3 is 2.71 bits per heavy atom. The Kier molecular flexibility index (Phi) is 4.67. The first kappa shape index (κ1) is 15.9. The number of H-pyrrole nitrogens is 1. The standard InChI is InChI=1S/C20H27N3O/c1-15-7-9-16(10-8-15)18-13-21-20(22-18)19-14-24-12-11-23(19)17-5-3-2-4-6-17/h7-10,13,17,19H,2-6,11-12,14H2,1H3,(H,21,22)/t19-/m0/s1. The van der Waals surface area contributed by atoms with Crippen LogP contribution in [0, 0.1) is 6.92 Å². The normalized spacial score (nSPS) is 23.5. The topological polar surface area (TPSA) is 41.1 Å². The lowest BCUT2D eigenvalue weighted by atomic mass is 9.93. The van der Waals surface area contributed by atoms with E-state index in [1.165, 1.54) is 43.2 Å². The largest absolute Gasteiger partial charge is 0.378 e. The zero-order chi connectivity index (χ0) is 16.4. The quantitative estimate of drug-likeness (QED) is 0.924. The van der Waals surface area contributed by atoms with E-state index in [-0.39, 0.29) is 6.04 Å². The highest BCUT2D eigenvalue weighted by molar-refractivity contribution is 5.58. The third-order valence-electron chi connectivity index (χ3n) is 5.49. The average molecular weight is 325 g/mol. The van der Waals surface area contributed by atoms with Crippen LogP contribution in [-0.4, -0.2) is 40.7 Å². The predicted molar refractivity (Wildman–Crippen MR) is 95.9 cm³/mol. The number of morpholine rings is 1. The van der Waals surface area contributed by atoms with E-state index in [9.17, 15) is 0 Å². The highest BCUT2D eigenvalue weighted by Crippen LogP contribution is 2.32. The summed E-state index contributed by atoms with van der Waals surface area (Å²) in [5.41, 5.74) is 3.57. The summed E-state index contributed by atoms with van der Waals surface area (Å²) in [7, 11) is 0. The second-order valence-corrected chi connectivity index (χ2v) is 7.17. The first-order chi connectivity index (χ1) is 11.8. The minimum Gasteiger partial charge on any atom is -0.378 e. The lowest BCUT2D eigenvalue weighted by Crippen LogP contribution is -2.46. The van der Waals surface area contributed by atoms with Crippen molar-refractivity contribution in [2.75, 3.05) is 19.8 Å². The van der Waals surface area contributed by atoms with Gasteiger partial charge in [-0.05, 0) is 25.3 Å². The Labute approximate surface area is 144 Å². The molecule has 128 valence electrons. The van der Waals surface area contributed by atoms with E-state index >= 15 is 0 Å². The van der Waals surface area contributed by atoms with Crippen LogP contribution < -0.4 is 0 Å². The molecular formula is C20H27N3O. The maximum atomic E-state index is 5.79. The van der Waals surface area contributed by atoms with Crippen LogP contribution in [0.25, 0.3) is 11.3 Å². The van der Waals surface area contributed by atoms with E-state index in [2.05, 4.69) is 41.1 Å². The van der Waals surface area contributed by atoms with E-state index in [1.54, 1.807) is 0 Å². The van der Waals surface area contributed by atoms with Gasteiger partial charge in [0.1, 0.15) is 5.82 Å². The minimum atomic E-state index is 0.265. The molecule has 2 heterocycles. The molecule has 0 amide bonds. The Morgan fingerprint density at radius 1 is 1.12 bits per heavy atom. The van der Waals surface area contributed by atoms with E-state index in [1.807, 2.05) is 6.20 Å². The molecule has 1 aromatic carbocycles. The molecule has 1 aliphatic carbocycles. The van der Waals surface area contributed by atoms with Gasteiger partial charge in [0.15, 0.2) is 0 Å². The summed E-state index contributed by atoms with van der Waals surface area (Å²) >= 11 is 0. The number of hydrogen-bond donors (Lipinski definition) is 1. The summed E-state index contributed by atoms with van der Waals surface area (Å²) in [6, 6.07) is 9.56. The number of nitrogens with one attached hydrogen (secondary N) is 1. The van der Waals surface area contributed by atoms with Gasteiger partial charge in [0, 0.05) is 12.6 Å². The summed E-state index contributed by atoms with van der Waals surface area (Å²) in [5.74, 6) is 1.05. The first-order valence-corrected chi connectivity index (χ1v) is 9.27. The van der Waals surface area contributed by atoms with Crippen molar-refractivity contribution < 1.29 is 4.74 Å². The van der Waals surface area contributed by atoms with Crippen molar-refractivity contribution in [3.63, 3.8) is 0 Å². The second-order valence-electron chi connectivity index (χ2n) is 7.17. The number of hydrogen-bond acceptors (Lipinski definition) is 3. The lowest BCUT2D eigenvalue weighted by molar-refractivity contribution is -0.0400. The highest BCUT2D eigenvalue weighted by atomic mass is 16.5. The summed E-state index contributed by atoms with van der Waals surface area (Å²) in [6.45, 7) is 4.73. The fourth-order valence-corrected chi connectivity index (χ4v) is 4.09. The molecule has 1 atom stereocenters. The van der Waals surface area contributed by atoms with Gasteiger partial charge in [-0.25, -0.2) is 4.98 Å². The molecular weight excluding hydrogens is 298 g/mol. The van der Waals surface area contributed by atoms with Gasteiger partial charge in [-0.3, -0.25) is 4.90 Å². The molecule has 24 heavy (non-hydrogen) atoms. The molecule has 0 spiro atoms. The molecule has 0 bridgehead atoms. The van der Waals surface area contributed by atoms with Crippen LogP contribution in [0.5, 0.6) is 0 Å². The van der Waals surface area contributed by atoms with Gasteiger partial charge in [0.2, 0.25) is 0 Å². The molecule has 4 heteroatoms. The third kappa shape index (κ3) is 3.26. The fourth-order valence-electron chi connectivity index (χ4n) is 4.09. The summed E-state index contributed by atoms with van der Waals surface area (Å²) in [6.07, 6.45) is 8.73. The summed E-state index contributed by atoms with van der Waals surface area (Å²) < 4.78 is 5.79. The molecule has 2 aliphatic rings. The maximum absolute atomic E-state index is 5.79. The van der Waals surface area contributed by atoms with Gasteiger partial charge in [-0.15, -0.1) is 0 Å². The zero-order valence-electron chi connectivity index (χ0n) is 14.5. The lowest BCUT2D eigenvalue weighted by Gasteiger charge is -2.41. The van der Waals surface area contributed by atoms with Crippen LogP contribution in [0.2, 0.25) is 0 Å². The van der Waals surface area contributed by atoms with E-state index < -0.39 is 0 Å². The van der Waals surface area contributed by atoms with Crippen molar-refractivity contribution in [1.29, 1.82) is 0 Å². The van der Waals surface area contributed by atoms with Gasteiger partial charge in [0.05, 0.1) is 31.1 Å². The monoisotopic (exact) mass is 325 g/mol. The van der Waals surface area contributed by atoms with Crippen molar-refractivity contribution in [2.24, 2.45) is 0 Å².